The maximum atomic E-state index is 11.4. The molecule has 1 aromatic carbocycles. The highest BCUT2D eigenvalue weighted by Crippen LogP contribution is 2.42. The van der Waals surface area contributed by atoms with E-state index in [4.69, 9.17) is 9.84 Å². The van der Waals surface area contributed by atoms with E-state index in [0.29, 0.717) is 18.4 Å². The van der Waals surface area contributed by atoms with Crippen LogP contribution in [0.5, 0.6) is 5.75 Å². The van der Waals surface area contributed by atoms with Crippen molar-refractivity contribution >= 4 is 10.0 Å². The van der Waals surface area contributed by atoms with Crippen LogP contribution in [0.3, 0.4) is 0 Å². The lowest BCUT2D eigenvalue weighted by atomic mass is 9.74. The molecule has 3 aliphatic heterocycles. The fourth-order valence-corrected chi connectivity index (χ4v) is 5.24. The van der Waals surface area contributed by atoms with Crippen molar-refractivity contribution in [2.75, 3.05) is 33.0 Å². The van der Waals surface area contributed by atoms with Crippen LogP contribution in [0.1, 0.15) is 24.5 Å². The molecule has 4 atom stereocenters. The summed E-state index contributed by atoms with van der Waals surface area (Å²) < 4.78 is 33.1. The second-order valence-corrected chi connectivity index (χ2v) is 9.77. The Morgan fingerprint density at radius 1 is 1.32 bits per heavy atom. The molecule has 2 bridgehead atoms. The molecule has 152 valence electrons. The number of ether oxygens (including phenoxy) is 1. The summed E-state index contributed by atoms with van der Waals surface area (Å²) in [5.74, 6) is 1.80. The maximum Gasteiger partial charge on any atom is 0.208 e. The van der Waals surface area contributed by atoms with Crippen LogP contribution in [0, 0.1) is 5.92 Å². The van der Waals surface area contributed by atoms with Crippen LogP contribution in [-0.4, -0.2) is 62.1 Å². The summed E-state index contributed by atoms with van der Waals surface area (Å²) >= 11 is 0. The average molecular weight is 405 g/mol. The minimum absolute atomic E-state index is 0.284. The molecule has 4 heterocycles. The van der Waals surface area contributed by atoms with Gasteiger partial charge in [0.2, 0.25) is 10.0 Å². The minimum Gasteiger partial charge on any atom is -0.496 e. The van der Waals surface area contributed by atoms with Gasteiger partial charge in [-0.2, -0.15) is 5.10 Å². The highest BCUT2D eigenvalue weighted by molar-refractivity contribution is 7.88. The highest BCUT2D eigenvalue weighted by atomic mass is 32.2. The number of sulfonamides is 1. The van der Waals surface area contributed by atoms with Crippen molar-refractivity contribution in [2.45, 2.75) is 24.8 Å². The number of methoxy groups -OCH3 is 1. The molecule has 0 saturated carbocycles. The Balaban J connectivity index is 1.54. The Bertz CT molecular complexity index is 956. The van der Waals surface area contributed by atoms with Gasteiger partial charge in [-0.1, -0.05) is 12.1 Å². The predicted octanol–water partition coefficient (Wildman–Crippen LogP) is 1.82. The van der Waals surface area contributed by atoms with E-state index in [1.165, 1.54) is 11.9 Å². The van der Waals surface area contributed by atoms with Crippen LogP contribution in [0.4, 0.5) is 0 Å². The van der Waals surface area contributed by atoms with Gasteiger partial charge in [0.25, 0.3) is 0 Å². The molecule has 2 aromatic rings. The van der Waals surface area contributed by atoms with Crippen LogP contribution in [0.2, 0.25) is 0 Å². The van der Waals surface area contributed by atoms with E-state index < -0.39 is 10.0 Å². The molecule has 3 saturated heterocycles. The summed E-state index contributed by atoms with van der Waals surface area (Å²) in [5.41, 5.74) is 3.18. The lowest BCUT2D eigenvalue weighted by molar-refractivity contribution is 0.0306. The standard InChI is InChI=1S/C20H28N4O3S/c1-23-19(11-18(22-23)16-6-4-5-7-20(16)27-2)17-13-24-9-8-14(17)10-15(24)12-21-28(3,25)26/h4-7,11,14-15,17,21H,8-10,12-13H2,1-3H3/t14-,15+,17+/m0/s1. The first-order chi connectivity index (χ1) is 13.4. The second-order valence-electron chi connectivity index (χ2n) is 7.94. The molecule has 1 unspecified atom stereocenters. The maximum absolute atomic E-state index is 11.4. The van der Waals surface area contributed by atoms with Crippen molar-refractivity contribution in [1.82, 2.24) is 19.4 Å². The Kier molecular flexibility index (Phi) is 5.20. The van der Waals surface area contributed by atoms with Gasteiger partial charge in [-0.05, 0) is 43.5 Å². The lowest BCUT2D eigenvalue weighted by Crippen LogP contribution is -2.56. The normalized spacial score (nSPS) is 27.1. The first-order valence-corrected chi connectivity index (χ1v) is 11.6. The van der Waals surface area contributed by atoms with Gasteiger partial charge in [-0.15, -0.1) is 0 Å². The summed E-state index contributed by atoms with van der Waals surface area (Å²) in [7, 11) is 0.540. The minimum atomic E-state index is -3.15. The zero-order chi connectivity index (χ0) is 19.9. The molecule has 0 spiro atoms. The van der Waals surface area contributed by atoms with Gasteiger partial charge in [-0.3, -0.25) is 9.58 Å². The number of aromatic nitrogens is 2. The number of hydrogen-bond donors (Lipinski definition) is 1. The van der Waals surface area contributed by atoms with Crippen LogP contribution in [0.15, 0.2) is 30.3 Å². The smallest absolute Gasteiger partial charge is 0.208 e. The summed E-state index contributed by atoms with van der Waals surface area (Å²) in [6.45, 7) is 2.49. The third-order valence-corrected chi connectivity index (χ3v) is 6.83. The van der Waals surface area contributed by atoms with Crippen LogP contribution < -0.4 is 9.46 Å². The first kappa shape index (κ1) is 19.4. The highest BCUT2D eigenvalue weighted by Gasteiger charge is 2.42. The number of aryl methyl sites for hydroxylation is 1. The summed E-state index contributed by atoms with van der Waals surface area (Å²) in [6, 6.07) is 10.4. The zero-order valence-electron chi connectivity index (χ0n) is 16.6. The second kappa shape index (κ2) is 7.50. The van der Waals surface area contributed by atoms with E-state index in [0.717, 1.165) is 42.9 Å². The van der Waals surface area contributed by atoms with Crippen molar-refractivity contribution in [1.29, 1.82) is 0 Å². The lowest BCUT2D eigenvalue weighted by Gasteiger charge is -2.49. The Morgan fingerprint density at radius 3 is 2.79 bits per heavy atom. The monoisotopic (exact) mass is 404 g/mol. The molecule has 0 radical (unpaired) electrons. The third kappa shape index (κ3) is 3.81. The van der Waals surface area contributed by atoms with Gasteiger partial charge in [0.15, 0.2) is 0 Å². The number of rotatable bonds is 6. The molecule has 8 heteroatoms. The van der Waals surface area contributed by atoms with E-state index in [9.17, 15) is 8.42 Å². The predicted molar refractivity (Wildman–Crippen MR) is 109 cm³/mol. The molecule has 5 rings (SSSR count). The SMILES string of the molecule is COc1ccccc1-c1cc([C@@H]2CN3CC[C@H]2C[C@@H]3CNS(C)(=O)=O)n(C)n1. The van der Waals surface area contributed by atoms with Crippen LogP contribution in [0.25, 0.3) is 11.3 Å². The Morgan fingerprint density at radius 2 is 2.11 bits per heavy atom. The van der Waals surface area contributed by atoms with Crippen LogP contribution in [-0.2, 0) is 17.1 Å². The Hall–Kier alpha value is -1.90. The average Bonchev–Trinajstić information content (AvgIpc) is 3.07. The number of piperidine rings is 3. The van der Waals surface area contributed by atoms with Crippen molar-refractivity contribution in [3.05, 3.63) is 36.0 Å². The molecule has 28 heavy (non-hydrogen) atoms. The van der Waals surface area contributed by atoms with Crippen molar-refractivity contribution in [3.63, 3.8) is 0 Å². The third-order valence-electron chi connectivity index (χ3n) is 6.14. The molecule has 1 aromatic heterocycles. The number of fused-ring (bicyclic) bond motifs is 3. The van der Waals surface area contributed by atoms with Gasteiger partial charge >= 0.3 is 0 Å². The molecule has 7 nitrogen and oxygen atoms in total. The van der Waals surface area contributed by atoms with E-state index in [1.807, 2.05) is 36.0 Å². The quantitative estimate of drug-likeness (QED) is 0.795. The van der Waals surface area contributed by atoms with Gasteiger partial charge in [0, 0.05) is 43.4 Å². The Labute approximate surface area is 166 Å². The van der Waals surface area contributed by atoms with Gasteiger partial charge in [-0.25, -0.2) is 13.1 Å². The van der Waals surface area contributed by atoms with Crippen molar-refractivity contribution in [2.24, 2.45) is 13.0 Å². The van der Waals surface area contributed by atoms with Crippen LogP contribution >= 0.6 is 0 Å². The summed E-state index contributed by atoms with van der Waals surface area (Å²) in [5, 5.41) is 4.76. The number of nitrogens with zero attached hydrogens (tertiary/aromatic N) is 3. The zero-order valence-corrected chi connectivity index (χ0v) is 17.4. The van der Waals surface area contributed by atoms with Gasteiger partial charge < -0.3 is 4.74 Å². The molecular weight excluding hydrogens is 376 g/mol. The molecule has 1 N–H and O–H groups in total. The fourth-order valence-electron chi connectivity index (χ4n) is 4.75. The van der Waals surface area contributed by atoms with E-state index in [1.54, 1.807) is 7.11 Å². The van der Waals surface area contributed by atoms with Crippen molar-refractivity contribution in [3.8, 4) is 17.0 Å². The molecular formula is C20H28N4O3S. The van der Waals surface area contributed by atoms with Gasteiger partial charge in [0.05, 0.1) is 19.1 Å². The molecule has 3 aliphatic rings. The number of benzene rings is 1. The summed E-state index contributed by atoms with van der Waals surface area (Å²) in [6.07, 6.45) is 3.39. The molecule has 0 aliphatic carbocycles. The molecule has 3 fully saturated rings. The van der Waals surface area contributed by atoms with E-state index in [2.05, 4.69) is 15.7 Å². The fraction of sp³-hybridized carbons (Fsp3) is 0.550. The number of hydrogen-bond acceptors (Lipinski definition) is 5. The number of nitrogens with one attached hydrogen (secondary N) is 1. The van der Waals surface area contributed by atoms with E-state index >= 15 is 0 Å². The van der Waals surface area contributed by atoms with Gasteiger partial charge in [0.1, 0.15) is 5.75 Å². The van der Waals surface area contributed by atoms with E-state index in [-0.39, 0.29) is 6.04 Å². The molecule has 0 amide bonds. The topological polar surface area (TPSA) is 76.5 Å². The summed E-state index contributed by atoms with van der Waals surface area (Å²) in [4.78, 5) is 2.43. The van der Waals surface area contributed by atoms with Crippen molar-refractivity contribution < 1.29 is 13.2 Å². The first-order valence-electron chi connectivity index (χ1n) is 9.71. The largest absolute Gasteiger partial charge is 0.496 e. The number of para-hydroxylation sites is 1.